The lowest BCUT2D eigenvalue weighted by Gasteiger charge is -2.29. The van der Waals surface area contributed by atoms with E-state index in [0.29, 0.717) is 47.3 Å². The highest BCUT2D eigenvalue weighted by Crippen LogP contribution is 2.47. The Labute approximate surface area is 319 Å². The third-order valence-electron chi connectivity index (χ3n) is 10.8. The molecule has 5 N–H and O–H groups in total. The van der Waals surface area contributed by atoms with Gasteiger partial charge in [0.15, 0.2) is 11.6 Å². The van der Waals surface area contributed by atoms with Crippen LogP contribution in [0.4, 0.5) is 11.6 Å². The summed E-state index contributed by atoms with van der Waals surface area (Å²) < 4.78 is 28.2. The van der Waals surface area contributed by atoms with Gasteiger partial charge in [-0.05, 0) is 48.2 Å². The minimum Gasteiger partial charge on any atom is -0.382 e. The second kappa shape index (κ2) is 15.7. The van der Waals surface area contributed by atoms with E-state index in [1.54, 1.807) is 21.2 Å². The van der Waals surface area contributed by atoms with E-state index < -0.39 is 23.6 Å². The fourth-order valence-electron chi connectivity index (χ4n) is 7.92. The number of anilines is 2. The molecule has 2 saturated heterocycles. The average molecular weight is 746 g/mol. The number of benzene rings is 2. The second-order valence-corrected chi connectivity index (χ2v) is 14.1. The van der Waals surface area contributed by atoms with Crippen molar-refractivity contribution in [2.45, 2.75) is 89.6 Å². The van der Waals surface area contributed by atoms with Crippen molar-refractivity contribution in [1.82, 2.24) is 29.2 Å². The van der Waals surface area contributed by atoms with Crippen LogP contribution < -0.4 is 11.5 Å². The zero-order valence-electron chi connectivity index (χ0n) is 31.4. The van der Waals surface area contributed by atoms with Crippen LogP contribution in [0.3, 0.4) is 0 Å². The van der Waals surface area contributed by atoms with Crippen molar-refractivity contribution in [2.24, 2.45) is 11.8 Å². The number of nitrogens with two attached hydrogens (primary N) is 2. The highest BCUT2D eigenvalue weighted by molar-refractivity contribution is 5.66. The quantitative estimate of drug-likeness (QED) is 0.159. The van der Waals surface area contributed by atoms with Crippen LogP contribution in [0.15, 0.2) is 97.6 Å². The molecule has 0 aliphatic carbocycles. The fraction of sp³-hybridized carbons (Fsp3) is 0.390. The molecule has 0 unspecified atom stereocenters. The van der Waals surface area contributed by atoms with Gasteiger partial charge in [-0.2, -0.15) is 15.5 Å². The predicted octanol–water partition coefficient (Wildman–Crippen LogP) is 5.55. The molecule has 286 valence electrons. The van der Waals surface area contributed by atoms with Gasteiger partial charge >= 0.3 is 0 Å². The lowest BCUT2D eigenvalue weighted by Crippen LogP contribution is -2.41. The van der Waals surface area contributed by atoms with Crippen molar-refractivity contribution in [3.05, 3.63) is 120 Å². The Morgan fingerprint density at radius 2 is 1.18 bits per heavy atom. The van der Waals surface area contributed by atoms with E-state index in [1.807, 2.05) is 86.6 Å². The van der Waals surface area contributed by atoms with E-state index in [9.17, 15) is 10.4 Å². The van der Waals surface area contributed by atoms with Crippen molar-refractivity contribution in [3.8, 4) is 6.07 Å². The summed E-state index contributed by atoms with van der Waals surface area (Å²) in [5.74, 6) is -0.873. The van der Waals surface area contributed by atoms with Crippen molar-refractivity contribution in [2.75, 3.05) is 11.5 Å². The Balaban J connectivity index is 0.000000169. The van der Waals surface area contributed by atoms with Crippen LogP contribution in [0, 0.1) is 23.2 Å². The van der Waals surface area contributed by atoms with Gasteiger partial charge in [-0.1, -0.05) is 88.4 Å². The summed E-state index contributed by atoms with van der Waals surface area (Å²) in [7, 11) is 0. The summed E-state index contributed by atoms with van der Waals surface area (Å²) >= 11 is 0. The molecule has 0 amide bonds. The number of hydrogen-bond donors (Lipinski definition) is 3. The highest BCUT2D eigenvalue weighted by atomic mass is 16.7. The van der Waals surface area contributed by atoms with Crippen LogP contribution in [-0.4, -0.2) is 58.7 Å². The molecule has 6 heterocycles. The molecule has 2 fully saturated rings. The monoisotopic (exact) mass is 745 g/mol. The Bertz CT molecular complexity index is 2260. The number of nitriles is 1. The van der Waals surface area contributed by atoms with Crippen LogP contribution in [0.2, 0.25) is 0 Å². The van der Waals surface area contributed by atoms with Crippen LogP contribution in [0.25, 0.3) is 11.0 Å². The van der Waals surface area contributed by atoms with Crippen molar-refractivity contribution < 1.29 is 24.1 Å². The normalized spacial score (nSPS) is 27.6. The highest BCUT2D eigenvalue weighted by Gasteiger charge is 2.57. The van der Waals surface area contributed by atoms with Gasteiger partial charge in [0, 0.05) is 11.8 Å². The Kier molecular flexibility index (Phi) is 10.8. The van der Waals surface area contributed by atoms with Gasteiger partial charge in [0.2, 0.25) is 11.4 Å². The minimum atomic E-state index is -1.62. The maximum atomic E-state index is 11.6. The van der Waals surface area contributed by atoms with Crippen molar-refractivity contribution >= 4 is 22.7 Å². The molecule has 8 rings (SSSR count). The number of fused-ring (bicyclic) bond motifs is 2. The molecular formula is C41H47N9O5. The van der Waals surface area contributed by atoms with E-state index in [4.69, 9.17) is 30.4 Å². The molecule has 55 heavy (non-hydrogen) atoms. The third-order valence-corrected chi connectivity index (χ3v) is 10.8. The zero-order valence-corrected chi connectivity index (χ0v) is 31.4. The Morgan fingerprint density at radius 1 is 0.709 bits per heavy atom. The largest absolute Gasteiger partial charge is 0.382 e. The number of ether oxygens (including phenoxy) is 4. The molecule has 2 aliphatic rings. The van der Waals surface area contributed by atoms with E-state index in [0.717, 1.165) is 24.0 Å². The molecule has 2 aromatic carbocycles. The summed E-state index contributed by atoms with van der Waals surface area (Å²) in [5, 5.41) is 30.4. The molecule has 0 spiro atoms. The van der Waals surface area contributed by atoms with Crippen LogP contribution in [0.5, 0.6) is 0 Å². The molecule has 6 aromatic rings. The number of hydrogen-bond acceptors (Lipinski definition) is 12. The number of rotatable bonds is 10. The van der Waals surface area contributed by atoms with Crippen LogP contribution in [0.1, 0.15) is 63.1 Å². The standard InChI is InChI=1S/C21H23N5O2.C20H24N4O3/c1-3-17-14(2)19(27-11-15-7-5-4-6-8-15)21(12-22,28-17)18-10-9-16-20(23)24-13-25-26(16)18;1-3-16-13(2)18(26-11-14-7-5-4-6-8-14)20(25,27-16)17-10-9-15-19(21)22-12-23-24(15)17/h4-10,13-14,17,19H,3,11H2,1-2H3,(H2,23,24,25);4-10,12-13,16,18,25H,3,11H2,1-2H3,(H2,21,22,23)/t14-,17-,19-,21+;13-,16-,18-,20+/m11/s1. The summed E-state index contributed by atoms with van der Waals surface area (Å²) in [6.45, 7) is 9.00. The lowest BCUT2D eigenvalue weighted by atomic mass is 9.87. The molecule has 0 radical (unpaired) electrons. The topological polar surface area (TPSA) is 193 Å². The Morgan fingerprint density at radius 3 is 1.71 bits per heavy atom. The van der Waals surface area contributed by atoms with Crippen molar-refractivity contribution in [1.29, 1.82) is 5.26 Å². The molecule has 14 nitrogen and oxygen atoms in total. The maximum Gasteiger partial charge on any atom is 0.237 e. The Hall–Kier alpha value is -5.43. The molecule has 14 heteroatoms. The first-order chi connectivity index (χ1) is 26.6. The van der Waals surface area contributed by atoms with Gasteiger partial charge in [0.1, 0.15) is 47.7 Å². The van der Waals surface area contributed by atoms with Crippen LogP contribution in [-0.2, 0) is 43.5 Å². The van der Waals surface area contributed by atoms with Gasteiger partial charge < -0.3 is 35.5 Å². The van der Waals surface area contributed by atoms with Gasteiger partial charge in [0.05, 0.1) is 31.1 Å². The third kappa shape index (κ3) is 6.90. The second-order valence-electron chi connectivity index (χ2n) is 14.1. The number of aliphatic hydroxyl groups is 1. The first-order valence-corrected chi connectivity index (χ1v) is 18.6. The summed E-state index contributed by atoms with van der Waals surface area (Å²) in [6.07, 6.45) is 3.10. The van der Waals surface area contributed by atoms with Crippen molar-refractivity contribution in [3.63, 3.8) is 0 Å². The SMILES string of the molecule is CC[C@H]1O[C@@](C#N)(c2ccc3c(N)ncnn23)[C@H](OCc2ccccc2)[C@@H]1C.CC[C@H]1O[C@@](O)(c2ccc3c(N)ncnn23)[C@H](OCc2ccccc2)[C@@H]1C. The van der Waals surface area contributed by atoms with Gasteiger partial charge in [0.25, 0.3) is 0 Å². The summed E-state index contributed by atoms with van der Waals surface area (Å²) in [4.78, 5) is 8.03. The summed E-state index contributed by atoms with van der Waals surface area (Å²) in [6, 6.07) is 29.4. The lowest BCUT2D eigenvalue weighted by molar-refractivity contribution is -0.251. The van der Waals surface area contributed by atoms with E-state index >= 15 is 0 Å². The molecule has 8 atom stereocenters. The van der Waals surface area contributed by atoms with E-state index in [1.165, 1.54) is 12.7 Å². The number of aromatic nitrogens is 6. The van der Waals surface area contributed by atoms with Gasteiger partial charge in [-0.3, -0.25) is 0 Å². The van der Waals surface area contributed by atoms with Gasteiger partial charge in [-0.25, -0.2) is 19.0 Å². The van der Waals surface area contributed by atoms with E-state index in [-0.39, 0.29) is 24.0 Å². The fourth-order valence-corrected chi connectivity index (χ4v) is 7.92. The zero-order chi connectivity index (χ0) is 38.7. The molecule has 2 aliphatic heterocycles. The molecular weight excluding hydrogens is 699 g/mol. The molecule has 0 bridgehead atoms. The number of nitrogen functional groups attached to an aromatic ring is 2. The first kappa shape index (κ1) is 37.9. The van der Waals surface area contributed by atoms with E-state index in [2.05, 4.69) is 40.1 Å². The average Bonchev–Trinajstić information content (AvgIpc) is 3.97. The predicted molar refractivity (Wildman–Crippen MR) is 205 cm³/mol. The maximum absolute atomic E-state index is 11.6. The molecule has 4 aromatic heterocycles. The molecule has 0 saturated carbocycles. The summed E-state index contributed by atoms with van der Waals surface area (Å²) in [5.41, 5.74) is 15.1. The van der Waals surface area contributed by atoms with Gasteiger partial charge in [-0.15, -0.1) is 0 Å². The number of nitrogens with zero attached hydrogens (tertiary/aromatic N) is 7. The first-order valence-electron chi connectivity index (χ1n) is 18.6. The minimum absolute atomic E-state index is 0.00782. The van der Waals surface area contributed by atoms with Crippen LogP contribution >= 0.6 is 0 Å². The smallest absolute Gasteiger partial charge is 0.237 e.